The molecule has 0 saturated heterocycles. The molecule has 0 unspecified atom stereocenters. The largest absolute Gasteiger partial charge is 0.422 e. The molecular weight excluding hydrogens is 709 g/mol. The van der Waals surface area contributed by atoms with Crippen molar-refractivity contribution in [3.05, 3.63) is 100 Å². The van der Waals surface area contributed by atoms with Gasteiger partial charge in [-0.25, -0.2) is 14.6 Å². The molecule has 11 heteroatoms. The smallest absolute Gasteiger partial charge is 0.363 e. The quantitative estimate of drug-likeness (QED) is 0.105. The van der Waals surface area contributed by atoms with Gasteiger partial charge >= 0.3 is 11.9 Å². The lowest BCUT2D eigenvalue weighted by Gasteiger charge is -2.08. The van der Waals surface area contributed by atoms with Gasteiger partial charge < -0.3 is 9.47 Å². The van der Waals surface area contributed by atoms with Gasteiger partial charge in [-0.1, -0.05) is 73.3 Å². The van der Waals surface area contributed by atoms with Crippen LogP contribution >= 0.6 is 77.7 Å². The average molecular weight is 722 g/mol. The van der Waals surface area contributed by atoms with E-state index in [2.05, 4.69) is 36.9 Å². The first-order chi connectivity index (χ1) is 18.7. The van der Waals surface area contributed by atoms with Gasteiger partial charge in [0, 0.05) is 34.7 Å². The summed E-state index contributed by atoms with van der Waals surface area (Å²) in [5.74, 6) is -0.876. The molecule has 0 bridgehead atoms. The van der Waals surface area contributed by atoms with Crippen LogP contribution in [-0.2, 0) is 9.53 Å². The minimum absolute atomic E-state index is 0.0508. The van der Waals surface area contributed by atoms with Crippen LogP contribution in [0, 0.1) is 6.92 Å². The number of halogens is 4. The van der Waals surface area contributed by atoms with E-state index in [1.165, 1.54) is 28.7 Å². The van der Waals surface area contributed by atoms with E-state index in [0.29, 0.717) is 20.5 Å². The lowest BCUT2D eigenvalue weighted by atomic mass is 10.1. The van der Waals surface area contributed by atoms with Crippen LogP contribution in [0.3, 0.4) is 0 Å². The minimum atomic E-state index is -0.634. The lowest BCUT2D eigenvalue weighted by Crippen LogP contribution is -2.08. The highest BCUT2D eigenvalue weighted by atomic mass is 79.9. The van der Waals surface area contributed by atoms with Crippen LogP contribution < -0.4 is 4.74 Å². The molecule has 0 amide bonds. The number of carbonyl (C=O) groups is 2. The summed E-state index contributed by atoms with van der Waals surface area (Å²) in [7, 11) is 0. The number of nitrogens with zero attached hydrogens (tertiary/aromatic N) is 1. The Morgan fingerprint density at radius 2 is 1.64 bits per heavy atom. The number of esters is 2. The molecule has 0 spiro atoms. The number of benzene rings is 3. The van der Waals surface area contributed by atoms with Crippen molar-refractivity contribution in [2.24, 2.45) is 4.99 Å². The molecular formula is C28H13Br2Cl2NO4S2. The summed E-state index contributed by atoms with van der Waals surface area (Å²) in [4.78, 5) is 31.2. The summed E-state index contributed by atoms with van der Waals surface area (Å²) in [6.07, 6.45) is 1.51. The molecule has 39 heavy (non-hydrogen) atoms. The second-order valence-corrected chi connectivity index (χ2v) is 13.2. The Morgan fingerprint density at radius 1 is 0.949 bits per heavy atom. The van der Waals surface area contributed by atoms with Crippen molar-refractivity contribution in [2.45, 2.75) is 6.92 Å². The molecule has 0 fully saturated rings. The van der Waals surface area contributed by atoms with E-state index >= 15 is 0 Å². The molecule has 0 N–H and O–H groups in total. The zero-order valence-electron chi connectivity index (χ0n) is 19.7. The Kier molecular flexibility index (Phi) is 7.16. The van der Waals surface area contributed by atoms with Gasteiger partial charge in [-0.2, -0.15) is 0 Å². The Hall–Kier alpha value is -2.53. The molecule has 0 saturated carbocycles. The van der Waals surface area contributed by atoms with Gasteiger partial charge in [0.25, 0.3) is 0 Å². The van der Waals surface area contributed by atoms with E-state index in [0.717, 1.165) is 34.7 Å². The number of cyclic esters (lactones) is 1. The number of aryl methyl sites for hydroxylation is 1. The lowest BCUT2D eigenvalue weighted by molar-refractivity contribution is -0.129. The van der Waals surface area contributed by atoms with Crippen molar-refractivity contribution in [1.82, 2.24) is 0 Å². The van der Waals surface area contributed by atoms with Crippen molar-refractivity contribution in [2.75, 3.05) is 0 Å². The summed E-state index contributed by atoms with van der Waals surface area (Å²) in [6.45, 7) is 2.00. The van der Waals surface area contributed by atoms with Crippen LogP contribution in [0.2, 0.25) is 10.0 Å². The normalized spacial score (nSPS) is 14.3. The van der Waals surface area contributed by atoms with E-state index in [1.807, 2.05) is 43.3 Å². The summed E-state index contributed by atoms with van der Waals surface area (Å²) in [6, 6.07) is 16.6. The molecule has 5 aromatic rings. The number of ether oxygens (including phenoxy) is 2. The fourth-order valence-corrected chi connectivity index (χ4v) is 7.86. The predicted molar refractivity (Wildman–Crippen MR) is 166 cm³/mol. The molecule has 3 aromatic carbocycles. The SMILES string of the molecule is Cc1ccc2c(Cl)c(C3=N/C(=C/c4cc(Br)ccc4OC(=O)c4sc5cc(Br)ccc5c4Cl)C(=O)O3)sc2c1. The van der Waals surface area contributed by atoms with Gasteiger partial charge in [-0.05, 0) is 55.0 Å². The molecule has 6 rings (SSSR count). The van der Waals surface area contributed by atoms with Gasteiger partial charge in [0.05, 0.1) is 10.0 Å². The molecule has 5 nitrogen and oxygen atoms in total. The van der Waals surface area contributed by atoms with E-state index in [4.69, 9.17) is 32.7 Å². The van der Waals surface area contributed by atoms with Crippen molar-refractivity contribution in [3.8, 4) is 5.75 Å². The Balaban J connectivity index is 1.35. The van der Waals surface area contributed by atoms with Crippen molar-refractivity contribution >= 4 is 122 Å². The fourth-order valence-electron chi connectivity index (χ4n) is 4.01. The predicted octanol–water partition coefficient (Wildman–Crippen LogP) is 9.82. The van der Waals surface area contributed by atoms with Gasteiger partial charge in [0.2, 0.25) is 5.90 Å². The van der Waals surface area contributed by atoms with Crippen molar-refractivity contribution in [3.63, 3.8) is 0 Å². The Morgan fingerprint density at radius 3 is 2.46 bits per heavy atom. The monoisotopic (exact) mass is 719 g/mol. The summed E-state index contributed by atoms with van der Waals surface area (Å²) >= 11 is 22.6. The first-order valence-electron chi connectivity index (χ1n) is 11.3. The first kappa shape index (κ1) is 26.7. The zero-order valence-corrected chi connectivity index (χ0v) is 26.0. The molecule has 0 atom stereocenters. The third-order valence-corrected chi connectivity index (χ3v) is 10.1. The van der Waals surface area contributed by atoms with E-state index in [9.17, 15) is 9.59 Å². The minimum Gasteiger partial charge on any atom is -0.422 e. The number of thiophene rings is 2. The van der Waals surface area contributed by atoms with Crippen LogP contribution in [0.25, 0.3) is 26.2 Å². The van der Waals surface area contributed by atoms with Crippen LogP contribution in [0.4, 0.5) is 0 Å². The van der Waals surface area contributed by atoms with E-state index in [1.54, 1.807) is 18.2 Å². The van der Waals surface area contributed by atoms with Crippen LogP contribution in [0.15, 0.2) is 74.2 Å². The molecule has 3 heterocycles. The second-order valence-electron chi connectivity index (χ2n) is 8.54. The van der Waals surface area contributed by atoms with Crippen LogP contribution in [0.5, 0.6) is 5.75 Å². The highest BCUT2D eigenvalue weighted by Crippen LogP contribution is 2.40. The highest BCUT2D eigenvalue weighted by molar-refractivity contribution is 9.10. The van der Waals surface area contributed by atoms with E-state index in [-0.39, 0.29) is 22.2 Å². The van der Waals surface area contributed by atoms with Gasteiger partial charge in [-0.15, -0.1) is 22.7 Å². The maximum Gasteiger partial charge on any atom is 0.363 e. The van der Waals surface area contributed by atoms with Crippen LogP contribution in [-0.4, -0.2) is 17.8 Å². The van der Waals surface area contributed by atoms with Crippen molar-refractivity contribution < 1.29 is 19.1 Å². The van der Waals surface area contributed by atoms with Crippen LogP contribution in [0.1, 0.15) is 25.7 Å². The number of fused-ring (bicyclic) bond motifs is 2. The molecule has 1 aliphatic rings. The average Bonchev–Trinajstić information content (AvgIpc) is 3.53. The molecule has 1 aliphatic heterocycles. The molecule has 194 valence electrons. The first-order valence-corrected chi connectivity index (χ1v) is 15.3. The summed E-state index contributed by atoms with van der Waals surface area (Å²) in [5, 5.41) is 2.44. The number of hydrogen-bond donors (Lipinski definition) is 0. The van der Waals surface area contributed by atoms with Gasteiger partial charge in [0.1, 0.15) is 15.5 Å². The molecule has 2 aromatic heterocycles. The van der Waals surface area contributed by atoms with Gasteiger partial charge in [0.15, 0.2) is 5.70 Å². The number of carbonyl (C=O) groups excluding carboxylic acids is 2. The number of aliphatic imine (C=N–C) groups is 1. The van der Waals surface area contributed by atoms with E-state index < -0.39 is 11.9 Å². The topological polar surface area (TPSA) is 65.0 Å². The van der Waals surface area contributed by atoms with Gasteiger partial charge in [-0.3, -0.25) is 0 Å². The summed E-state index contributed by atoms with van der Waals surface area (Å²) in [5.41, 5.74) is 1.60. The standard InChI is InChI=1S/C28H13Br2Cl2NO4S2/c1-12-2-5-16-20(8-12)38-24(22(16)31)26-33-18(27(34)37-26)10-13-9-14(29)4-7-19(13)36-28(35)25-23(32)17-6-3-15(30)11-21(17)39-25/h2-11H,1H3/b18-10+. The second kappa shape index (κ2) is 10.5. The van der Waals surface area contributed by atoms with Crippen molar-refractivity contribution in [1.29, 1.82) is 0 Å². The summed E-state index contributed by atoms with van der Waals surface area (Å²) < 4.78 is 14.7. The Bertz CT molecular complexity index is 1930. The zero-order chi connectivity index (χ0) is 27.4. The Labute approximate surface area is 256 Å². The molecule has 0 radical (unpaired) electrons. The third kappa shape index (κ3) is 5.08. The molecule has 0 aliphatic carbocycles. The fraction of sp³-hybridized carbons (Fsp3) is 0.0357. The highest BCUT2D eigenvalue weighted by Gasteiger charge is 2.29. The number of rotatable bonds is 4. The maximum atomic E-state index is 13.1. The maximum absolute atomic E-state index is 13.1. The number of hydrogen-bond acceptors (Lipinski definition) is 7. The third-order valence-electron chi connectivity index (χ3n) is 5.84.